The highest BCUT2D eigenvalue weighted by molar-refractivity contribution is 14.0. The summed E-state index contributed by atoms with van der Waals surface area (Å²) in [4.78, 5) is 31.9. The number of guanidine groups is 1. The molecule has 2 rings (SSSR count). The molecule has 1 aromatic carbocycles. The average molecular weight is 501 g/mol. The number of amides is 2. The van der Waals surface area contributed by atoms with Gasteiger partial charge in [0.05, 0.1) is 6.54 Å². The van der Waals surface area contributed by atoms with E-state index in [4.69, 9.17) is 4.99 Å². The Hall–Kier alpha value is -1.84. The number of benzene rings is 1. The quantitative estimate of drug-likeness (QED) is 0.357. The Labute approximate surface area is 185 Å². The second kappa shape index (κ2) is 12.6. The third kappa shape index (κ3) is 7.65. The first-order valence-corrected chi connectivity index (χ1v) is 9.71. The summed E-state index contributed by atoms with van der Waals surface area (Å²) in [5.74, 6) is 1.05. The van der Waals surface area contributed by atoms with Crippen molar-refractivity contribution < 1.29 is 9.59 Å². The zero-order chi connectivity index (χ0) is 19.6. The first kappa shape index (κ1) is 24.2. The predicted molar refractivity (Wildman–Crippen MR) is 124 cm³/mol. The number of hydrogen-bond acceptors (Lipinski definition) is 3. The van der Waals surface area contributed by atoms with Gasteiger partial charge in [-0.05, 0) is 31.0 Å². The van der Waals surface area contributed by atoms with Crippen LogP contribution in [0.25, 0.3) is 0 Å². The highest BCUT2D eigenvalue weighted by Crippen LogP contribution is 2.12. The van der Waals surface area contributed by atoms with Crippen molar-refractivity contribution in [1.29, 1.82) is 0 Å². The second-order valence-electron chi connectivity index (χ2n) is 6.66. The highest BCUT2D eigenvalue weighted by atomic mass is 127. The third-order valence-corrected chi connectivity index (χ3v) is 4.49. The Morgan fingerprint density at radius 2 is 1.64 bits per heavy atom. The Kier molecular flexibility index (Phi) is 10.9. The van der Waals surface area contributed by atoms with Crippen molar-refractivity contribution in [2.24, 2.45) is 4.99 Å². The molecule has 1 heterocycles. The molecule has 1 fully saturated rings. The lowest BCUT2D eigenvalue weighted by Crippen LogP contribution is -2.53. The van der Waals surface area contributed by atoms with Gasteiger partial charge < -0.3 is 20.4 Å². The van der Waals surface area contributed by atoms with Gasteiger partial charge in [0.15, 0.2) is 5.96 Å². The van der Waals surface area contributed by atoms with Gasteiger partial charge >= 0.3 is 0 Å². The fourth-order valence-electron chi connectivity index (χ4n) is 2.97. The van der Waals surface area contributed by atoms with Crippen LogP contribution in [0.2, 0.25) is 0 Å². The van der Waals surface area contributed by atoms with Crippen molar-refractivity contribution in [1.82, 2.24) is 15.1 Å². The van der Waals surface area contributed by atoms with Crippen LogP contribution in [-0.4, -0.2) is 60.3 Å². The van der Waals surface area contributed by atoms with Crippen molar-refractivity contribution in [2.75, 3.05) is 38.0 Å². The number of piperazine rings is 1. The average Bonchev–Trinajstić information content (AvgIpc) is 2.66. The molecule has 0 saturated carbocycles. The third-order valence-electron chi connectivity index (χ3n) is 4.49. The van der Waals surface area contributed by atoms with E-state index in [0.717, 1.165) is 56.4 Å². The summed E-state index contributed by atoms with van der Waals surface area (Å²) in [6.45, 7) is 10.0. The molecule has 28 heavy (non-hydrogen) atoms. The van der Waals surface area contributed by atoms with Gasteiger partial charge in [0.2, 0.25) is 11.8 Å². The minimum absolute atomic E-state index is 0. The normalized spacial score (nSPS) is 14.3. The predicted octanol–water partition coefficient (Wildman–Crippen LogP) is 2.67. The van der Waals surface area contributed by atoms with Crippen molar-refractivity contribution in [3.8, 4) is 0 Å². The summed E-state index contributed by atoms with van der Waals surface area (Å²) in [6.07, 6.45) is 1.38. The lowest BCUT2D eigenvalue weighted by atomic mass is 10.2. The van der Waals surface area contributed by atoms with Crippen LogP contribution in [0.1, 0.15) is 39.2 Å². The van der Waals surface area contributed by atoms with Crippen LogP contribution in [0.3, 0.4) is 0 Å². The van der Waals surface area contributed by atoms with E-state index in [1.807, 2.05) is 36.1 Å². The molecule has 0 unspecified atom stereocenters. The summed E-state index contributed by atoms with van der Waals surface area (Å²) in [5.41, 5.74) is 1.90. The number of rotatable bonds is 6. The molecular formula is C20H32IN5O2. The van der Waals surface area contributed by atoms with Crippen LogP contribution < -0.4 is 10.6 Å². The minimum atomic E-state index is 0. The molecule has 1 saturated heterocycles. The first-order valence-electron chi connectivity index (χ1n) is 9.71. The summed E-state index contributed by atoms with van der Waals surface area (Å²) in [5, 5.41) is 6.23. The van der Waals surface area contributed by atoms with Crippen molar-refractivity contribution in [2.45, 2.75) is 40.2 Å². The molecule has 0 aromatic heterocycles. The second-order valence-corrected chi connectivity index (χ2v) is 6.66. The van der Waals surface area contributed by atoms with E-state index in [9.17, 15) is 9.59 Å². The van der Waals surface area contributed by atoms with Crippen LogP contribution in [0.5, 0.6) is 0 Å². The van der Waals surface area contributed by atoms with Gasteiger partial charge in [-0.1, -0.05) is 19.1 Å². The zero-order valence-electron chi connectivity index (χ0n) is 17.0. The number of carbonyl (C=O) groups is 2. The smallest absolute Gasteiger partial charge is 0.224 e. The van der Waals surface area contributed by atoms with Gasteiger partial charge in [-0.3, -0.25) is 9.59 Å². The Morgan fingerprint density at radius 1 is 1.04 bits per heavy atom. The molecule has 1 aliphatic rings. The number of nitrogens with one attached hydrogen (secondary N) is 2. The molecule has 0 spiro atoms. The molecule has 0 aliphatic carbocycles. The Balaban J connectivity index is 0.00000392. The molecule has 2 N–H and O–H groups in total. The van der Waals surface area contributed by atoms with Crippen LogP contribution in [0, 0.1) is 0 Å². The summed E-state index contributed by atoms with van der Waals surface area (Å²) in [6, 6.07) is 7.80. The molecule has 1 aliphatic heterocycles. The fourth-order valence-corrected chi connectivity index (χ4v) is 2.97. The van der Waals surface area contributed by atoms with Crippen molar-refractivity contribution in [3.63, 3.8) is 0 Å². The molecule has 0 atom stereocenters. The molecule has 2 amide bonds. The molecule has 156 valence electrons. The summed E-state index contributed by atoms with van der Waals surface area (Å²) >= 11 is 0. The lowest BCUT2D eigenvalue weighted by Gasteiger charge is -2.36. The number of carbonyl (C=O) groups excluding carboxylic acids is 2. The molecule has 1 aromatic rings. The van der Waals surface area contributed by atoms with Crippen molar-refractivity contribution in [3.05, 3.63) is 29.8 Å². The fraction of sp³-hybridized carbons (Fsp3) is 0.550. The maximum atomic E-state index is 11.7. The van der Waals surface area contributed by atoms with Gasteiger partial charge in [0.25, 0.3) is 0 Å². The van der Waals surface area contributed by atoms with Crippen LogP contribution >= 0.6 is 24.0 Å². The van der Waals surface area contributed by atoms with E-state index in [-0.39, 0.29) is 35.8 Å². The van der Waals surface area contributed by atoms with E-state index in [0.29, 0.717) is 13.0 Å². The van der Waals surface area contributed by atoms with Crippen LogP contribution in [0.15, 0.2) is 29.3 Å². The highest BCUT2D eigenvalue weighted by Gasteiger charge is 2.20. The number of hydrogen-bond donors (Lipinski definition) is 2. The first-order chi connectivity index (χ1) is 13.0. The molecular weight excluding hydrogens is 469 g/mol. The Bertz CT molecular complexity index is 655. The van der Waals surface area contributed by atoms with Gasteiger partial charge in [-0.15, -0.1) is 24.0 Å². The molecule has 0 radical (unpaired) electrons. The summed E-state index contributed by atoms with van der Waals surface area (Å²) in [7, 11) is 0. The maximum Gasteiger partial charge on any atom is 0.224 e. The van der Waals surface area contributed by atoms with Gasteiger partial charge in [-0.2, -0.15) is 0 Å². The van der Waals surface area contributed by atoms with Crippen LogP contribution in [0.4, 0.5) is 5.69 Å². The van der Waals surface area contributed by atoms with E-state index >= 15 is 0 Å². The largest absolute Gasteiger partial charge is 0.357 e. The standard InChI is InChI=1S/C20H31N5O2.HI/c1-4-6-19(27)23-18-9-7-17(8-10-18)15-22-20(21-5-2)25-13-11-24(12-14-25)16(3)26;/h7-10H,4-6,11-15H2,1-3H3,(H,21,22)(H,23,27);1H. The molecule has 8 heteroatoms. The Morgan fingerprint density at radius 3 is 2.18 bits per heavy atom. The molecule has 7 nitrogen and oxygen atoms in total. The van der Waals surface area contributed by atoms with Crippen LogP contribution in [-0.2, 0) is 16.1 Å². The number of halogens is 1. The van der Waals surface area contributed by atoms with Gasteiger partial charge in [0.1, 0.15) is 0 Å². The van der Waals surface area contributed by atoms with E-state index in [1.54, 1.807) is 6.92 Å². The van der Waals surface area contributed by atoms with E-state index < -0.39 is 0 Å². The topological polar surface area (TPSA) is 77.0 Å². The van der Waals surface area contributed by atoms with Crippen molar-refractivity contribution >= 4 is 47.4 Å². The maximum absolute atomic E-state index is 11.7. The van der Waals surface area contributed by atoms with E-state index in [1.165, 1.54) is 0 Å². The monoisotopic (exact) mass is 501 g/mol. The molecule has 0 bridgehead atoms. The lowest BCUT2D eigenvalue weighted by molar-refractivity contribution is -0.130. The number of nitrogens with zero attached hydrogens (tertiary/aromatic N) is 3. The number of aliphatic imine (C=N–C) groups is 1. The number of anilines is 1. The zero-order valence-corrected chi connectivity index (χ0v) is 19.4. The van der Waals surface area contributed by atoms with Gasteiger partial charge in [-0.25, -0.2) is 4.99 Å². The SMILES string of the molecule is CCCC(=O)Nc1ccc(CN=C(NCC)N2CCN(C(C)=O)CC2)cc1.I. The minimum Gasteiger partial charge on any atom is -0.357 e. The van der Waals surface area contributed by atoms with Gasteiger partial charge in [0, 0.05) is 51.8 Å². The van der Waals surface area contributed by atoms with E-state index in [2.05, 4.69) is 22.5 Å². The summed E-state index contributed by atoms with van der Waals surface area (Å²) < 4.78 is 0.